The first-order valence-electron chi connectivity index (χ1n) is 8.66. The first-order valence-corrected chi connectivity index (χ1v) is 9.47. The molecule has 3 rings (SSSR count). The fraction of sp³-hybridized carbons (Fsp3) is 0.300. The highest BCUT2D eigenvalue weighted by Gasteiger charge is 2.21. The molecule has 0 radical (unpaired) electrons. The Balaban J connectivity index is 2.03. The molecule has 0 aliphatic carbocycles. The molecule has 2 aromatic heterocycles. The van der Waals surface area contributed by atoms with Gasteiger partial charge in [0.1, 0.15) is 21.3 Å². The quantitative estimate of drug-likeness (QED) is 0.654. The number of nitriles is 1. The number of hydrogen-bond acceptors (Lipinski definition) is 7. The molecular formula is C20H20N4O2S. The molecule has 27 heavy (non-hydrogen) atoms. The van der Waals surface area contributed by atoms with E-state index in [1.165, 1.54) is 11.3 Å². The minimum absolute atomic E-state index is 0.0684. The van der Waals surface area contributed by atoms with Gasteiger partial charge in [-0.3, -0.25) is 0 Å². The first kappa shape index (κ1) is 18.8. The lowest BCUT2D eigenvalue weighted by Gasteiger charge is -2.16. The first-order chi connectivity index (χ1) is 12.9. The lowest BCUT2D eigenvalue weighted by molar-refractivity contribution is 0.0531. The Hall–Kier alpha value is -2.98. The molecule has 3 aromatic rings. The molecule has 6 nitrogen and oxygen atoms in total. The zero-order valence-electron chi connectivity index (χ0n) is 15.7. The van der Waals surface area contributed by atoms with E-state index < -0.39 is 0 Å². The van der Waals surface area contributed by atoms with Crippen LogP contribution in [0.25, 0.3) is 10.2 Å². The number of carbonyl (C=O) groups is 1. The van der Waals surface area contributed by atoms with Crippen LogP contribution in [0.15, 0.2) is 24.3 Å². The fourth-order valence-corrected chi connectivity index (χ4v) is 4.03. The third-order valence-corrected chi connectivity index (χ3v) is 5.40. The number of aryl methyl sites for hydroxylation is 2. The van der Waals surface area contributed by atoms with Crippen molar-refractivity contribution in [2.75, 3.05) is 11.9 Å². The molecule has 138 valence electrons. The number of thiophene rings is 1. The molecule has 0 saturated heterocycles. The Kier molecular flexibility index (Phi) is 5.38. The molecule has 1 atom stereocenters. The van der Waals surface area contributed by atoms with Gasteiger partial charge in [0.05, 0.1) is 29.7 Å². The number of fused-ring (bicyclic) bond motifs is 1. The largest absolute Gasteiger partial charge is 0.462 e. The molecule has 0 fully saturated rings. The number of aromatic nitrogens is 2. The summed E-state index contributed by atoms with van der Waals surface area (Å²) >= 11 is 1.32. The van der Waals surface area contributed by atoms with Crippen molar-refractivity contribution < 1.29 is 9.53 Å². The molecule has 0 bridgehead atoms. The predicted octanol–water partition coefficient (Wildman–Crippen LogP) is 4.53. The van der Waals surface area contributed by atoms with Gasteiger partial charge >= 0.3 is 5.97 Å². The number of hydrogen-bond donors (Lipinski definition) is 1. The van der Waals surface area contributed by atoms with E-state index in [2.05, 4.69) is 21.4 Å². The Labute approximate surface area is 161 Å². The number of benzene rings is 1. The molecule has 0 aliphatic heterocycles. The van der Waals surface area contributed by atoms with Gasteiger partial charge in [0.15, 0.2) is 0 Å². The van der Waals surface area contributed by atoms with E-state index in [1.54, 1.807) is 13.0 Å². The second-order valence-corrected chi connectivity index (χ2v) is 7.18. The van der Waals surface area contributed by atoms with Crippen LogP contribution in [-0.2, 0) is 4.74 Å². The lowest BCUT2D eigenvalue weighted by Crippen LogP contribution is -2.10. The second-order valence-electron chi connectivity index (χ2n) is 6.18. The van der Waals surface area contributed by atoms with Crippen molar-refractivity contribution in [3.05, 3.63) is 51.7 Å². The smallest absolute Gasteiger partial charge is 0.348 e. The third-order valence-electron chi connectivity index (χ3n) is 4.23. The summed E-state index contributed by atoms with van der Waals surface area (Å²) in [6, 6.07) is 9.55. The third kappa shape index (κ3) is 3.76. The second kappa shape index (κ2) is 7.72. The van der Waals surface area contributed by atoms with Crippen LogP contribution in [-0.4, -0.2) is 22.5 Å². The molecule has 7 heteroatoms. The fourth-order valence-electron chi connectivity index (χ4n) is 2.91. The number of carbonyl (C=O) groups excluding carboxylic acids is 1. The zero-order valence-corrected chi connectivity index (χ0v) is 16.5. The van der Waals surface area contributed by atoms with Crippen LogP contribution in [0.5, 0.6) is 0 Å². The minimum Gasteiger partial charge on any atom is -0.462 e. The minimum atomic E-state index is -0.337. The van der Waals surface area contributed by atoms with Gasteiger partial charge in [-0.15, -0.1) is 11.3 Å². The van der Waals surface area contributed by atoms with Gasteiger partial charge in [-0.25, -0.2) is 14.8 Å². The van der Waals surface area contributed by atoms with Gasteiger partial charge in [0.25, 0.3) is 0 Å². The zero-order chi connectivity index (χ0) is 19.6. The summed E-state index contributed by atoms with van der Waals surface area (Å²) in [5.41, 5.74) is 2.41. The van der Waals surface area contributed by atoms with Gasteiger partial charge in [-0.2, -0.15) is 5.26 Å². The Morgan fingerprint density at radius 1 is 1.37 bits per heavy atom. The Morgan fingerprint density at radius 3 is 2.85 bits per heavy atom. The topological polar surface area (TPSA) is 87.9 Å². The summed E-state index contributed by atoms with van der Waals surface area (Å²) in [6.45, 7) is 7.83. The van der Waals surface area contributed by atoms with E-state index in [4.69, 9.17) is 10.00 Å². The summed E-state index contributed by atoms with van der Waals surface area (Å²) in [4.78, 5) is 22.6. The maximum atomic E-state index is 12.2. The summed E-state index contributed by atoms with van der Waals surface area (Å²) in [7, 11) is 0. The highest BCUT2D eigenvalue weighted by molar-refractivity contribution is 7.20. The normalized spacial score (nSPS) is 11.8. The molecule has 0 saturated carbocycles. The van der Waals surface area contributed by atoms with E-state index >= 15 is 0 Å². The van der Waals surface area contributed by atoms with Crippen LogP contribution in [0.1, 0.15) is 52.1 Å². The van der Waals surface area contributed by atoms with Gasteiger partial charge in [-0.1, -0.05) is 12.1 Å². The van der Waals surface area contributed by atoms with Gasteiger partial charge < -0.3 is 10.1 Å². The number of nitrogens with one attached hydrogen (secondary N) is 1. The van der Waals surface area contributed by atoms with Crippen molar-refractivity contribution in [2.45, 2.75) is 33.7 Å². The number of rotatable bonds is 5. The highest BCUT2D eigenvalue weighted by Crippen LogP contribution is 2.35. The van der Waals surface area contributed by atoms with Crippen LogP contribution < -0.4 is 5.32 Å². The van der Waals surface area contributed by atoms with Crippen LogP contribution in [0.4, 0.5) is 5.82 Å². The molecule has 0 spiro atoms. The summed E-state index contributed by atoms with van der Waals surface area (Å²) in [5.74, 6) is 0.965. The summed E-state index contributed by atoms with van der Waals surface area (Å²) in [5, 5.41) is 13.4. The van der Waals surface area contributed by atoms with Gasteiger partial charge in [0, 0.05) is 0 Å². The standard InChI is InChI=1S/C20H20N4O2S/c1-5-26-20(25)17-11(2)16-18(23-13(4)24-19(16)27-17)22-12(3)15-8-6-7-14(9-15)10-21/h6-9,12H,5H2,1-4H3,(H,22,23,24). The van der Waals surface area contributed by atoms with E-state index in [-0.39, 0.29) is 12.0 Å². The van der Waals surface area contributed by atoms with Gasteiger partial charge in [-0.05, 0) is 51.0 Å². The highest BCUT2D eigenvalue weighted by atomic mass is 32.1. The van der Waals surface area contributed by atoms with Crippen LogP contribution >= 0.6 is 11.3 Å². The summed E-state index contributed by atoms with van der Waals surface area (Å²) in [6.07, 6.45) is 0. The maximum absolute atomic E-state index is 12.2. The van der Waals surface area contributed by atoms with Crippen LogP contribution in [0.3, 0.4) is 0 Å². The Morgan fingerprint density at radius 2 is 2.15 bits per heavy atom. The molecule has 2 heterocycles. The van der Waals surface area contributed by atoms with E-state index in [9.17, 15) is 4.79 Å². The van der Waals surface area contributed by atoms with Crippen LogP contribution in [0, 0.1) is 25.2 Å². The monoisotopic (exact) mass is 380 g/mol. The molecule has 1 N–H and O–H groups in total. The van der Waals surface area contributed by atoms with Crippen molar-refractivity contribution in [2.24, 2.45) is 0 Å². The number of esters is 1. The van der Waals surface area contributed by atoms with Crippen molar-refractivity contribution in [3.8, 4) is 6.07 Å². The van der Waals surface area contributed by atoms with Crippen molar-refractivity contribution in [3.63, 3.8) is 0 Å². The van der Waals surface area contributed by atoms with E-state index in [0.29, 0.717) is 28.7 Å². The number of nitrogens with zero attached hydrogens (tertiary/aromatic N) is 3. The predicted molar refractivity (Wildman–Crippen MR) is 106 cm³/mol. The van der Waals surface area contributed by atoms with E-state index in [0.717, 1.165) is 21.3 Å². The van der Waals surface area contributed by atoms with Crippen molar-refractivity contribution in [1.82, 2.24) is 9.97 Å². The molecule has 1 aromatic carbocycles. The average molecular weight is 380 g/mol. The van der Waals surface area contributed by atoms with Crippen LogP contribution in [0.2, 0.25) is 0 Å². The lowest BCUT2D eigenvalue weighted by atomic mass is 10.1. The molecule has 0 amide bonds. The number of anilines is 1. The average Bonchev–Trinajstić information content (AvgIpc) is 2.98. The summed E-state index contributed by atoms with van der Waals surface area (Å²) < 4.78 is 5.16. The van der Waals surface area contributed by atoms with Crippen molar-refractivity contribution >= 4 is 33.3 Å². The molecule has 0 aliphatic rings. The Bertz CT molecular complexity index is 1050. The molecular weight excluding hydrogens is 360 g/mol. The van der Waals surface area contributed by atoms with Gasteiger partial charge in [0.2, 0.25) is 0 Å². The van der Waals surface area contributed by atoms with Crippen molar-refractivity contribution in [1.29, 1.82) is 5.26 Å². The number of ether oxygens (including phenoxy) is 1. The maximum Gasteiger partial charge on any atom is 0.348 e. The molecule has 1 unspecified atom stereocenters. The van der Waals surface area contributed by atoms with E-state index in [1.807, 2.05) is 39.0 Å². The SMILES string of the molecule is CCOC(=O)c1sc2nc(C)nc(NC(C)c3cccc(C#N)c3)c2c1C.